The Labute approximate surface area is 165 Å². The van der Waals surface area contributed by atoms with Crippen molar-refractivity contribution in [3.63, 3.8) is 0 Å². The SMILES string of the molecule is CC(=O)c1nn(CC(=O)OC(=O)C(F)(F)F)c2cc(-c3cnc(C#N)nc3)ccc12. The van der Waals surface area contributed by atoms with Crippen LogP contribution in [0.3, 0.4) is 0 Å². The van der Waals surface area contributed by atoms with Crippen LogP contribution < -0.4 is 0 Å². The number of carbonyl (C=O) groups is 3. The third-order valence-electron chi connectivity index (χ3n) is 3.89. The van der Waals surface area contributed by atoms with E-state index in [0.717, 1.165) is 4.68 Å². The molecular weight excluding hydrogens is 407 g/mol. The number of hydrogen-bond acceptors (Lipinski definition) is 8. The summed E-state index contributed by atoms with van der Waals surface area (Å²) in [4.78, 5) is 42.2. The number of rotatable bonds is 4. The Morgan fingerprint density at radius 2 is 1.83 bits per heavy atom. The maximum Gasteiger partial charge on any atom is 0.491 e. The Bertz CT molecular complexity index is 1210. The zero-order valence-corrected chi connectivity index (χ0v) is 15.1. The third kappa shape index (κ3) is 4.14. The number of aromatic nitrogens is 4. The average Bonchev–Trinajstić information content (AvgIpc) is 3.05. The molecule has 0 aliphatic rings. The van der Waals surface area contributed by atoms with Gasteiger partial charge in [0.15, 0.2) is 5.78 Å². The summed E-state index contributed by atoms with van der Waals surface area (Å²) in [6.45, 7) is 0.402. The lowest BCUT2D eigenvalue weighted by Gasteiger charge is -2.07. The molecule has 0 amide bonds. The van der Waals surface area contributed by atoms with Crippen molar-refractivity contribution in [3.05, 3.63) is 42.1 Å². The van der Waals surface area contributed by atoms with E-state index in [-0.39, 0.29) is 17.0 Å². The molecule has 0 aliphatic heterocycles. The fourth-order valence-electron chi connectivity index (χ4n) is 2.58. The van der Waals surface area contributed by atoms with Gasteiger partial charge in [-0.3, -0.25) is 9.48 Å². The number of halogens is 3. The van der Waals surface area contributed by atoms with Crippen molar-refractivity contribution in [2.24, 2.45) is 0 Å². The minimum absolute atomic E-state index is 0.0115. The number of alkyl halides is 3. The number of ether oxygens (including phenoxy) is 1. The van der Waals surface area contributed by atoms with E-state index in [1.807, 2.05) is 0 Å². The Hall–Kier alpha value is -4.14. The Kier molecular flexibility index (Phi) is 5.29. The molecule has 1 aromatic carbocycles. The lowest BCUT2D eigenvalue weighted by molar-refractivity contribution is -0.202. The second-order valence-electron chi connectivity index (χ2n) is 5.96. The maximum absolute atomic E-state index is 12.3. The number of benzene rings is 1. The molecule has 0 saturated carbocycles. The largest absolute Gasteiger partial charge is 0.491 e. The molecule has 0 unspecified atom stereocenters. The molecule has 0 fully saturated rings. The Morgan fingerprint density at radius 1 is 1.17 bits per heavy atom. The van der Waals surface area contributed by atoms with Gasteiger partial charge in [-0.1, -0.05) is 6.07 Å². The zero-order chi connectivity index (χ0) is 22.1. The van der Waals surface area contributed by atoms with E-state index in [1.54, 1.807) is 12.1 Å². The number of esters is 2. The molecule has 152 valence electrons. The van der Waals surface area contributed by atoms with Crippen LogP contribution >= 0.6 is 0 Å². The van der Waals surface area contributed by atoms with Crippen LogP contribution in [-0.4, -0.2) is 43.6 Å². The van der Waals surface area contributed by atoms with Gasteiger partial charge < -0.3 is 4.74 Å². The monoisotopic (exact) mass is 417 g/mol. The predicted octanol–water partition coefficient (Wildman–Crippen LogP) is 2.20. The highest BCUT2D eigenvalue weighted by Gasteiger charge is 2.42. The average molecular weight is 417 g/mol. The highest BCUT2D eigenvalue weighted by molar-refractivity contribution is 6.05. The number of Topliss-reactive ketones (excluding diaryl/α,β-unsaturated/α-hetero) is 1. The van der Waals surface area contributed by atoms with Gasteiger partial charge in [-0.05, 0) is 17.7 Å². The van der Waals surface area contributed by atoms with Crippen molar-refractivity contribution < 1.29 is 32.3 Å². The van der Waals surface area contributed by atoms with Crippen molar-refractivity contribution in [2.75, 3.05) is 0 Å². The smallest absolute Gasteiger partial charge is 0.385 e. The van der Waals surface area contributed by atoms with Crippen LogP contribution in [0, 0.1) is 11.3 Å². The molecule has 0 aliphatic carbocycles. The van der Waals surface area contributed by atoms with Gasteiger partial charge in [-0.15, -0.1) is 0 Å². The summed E-state index contributed by atoms with van der Waals surface area (Å²) in [6.07, 6.45) is -2.56. The summed E-state index contributed by atoms with van der Waals surface area (Å²) in [7, 11) is 0. The first kappa shape index (κ1) is 20.6. The van der Waals surface area contributed by atoms with E-state index in [1.165, 1.54) is 31.5 Å². The first-order valence-corrected chi connectivity index (χ1v) is 8.16. The maximum atomic E-state index is 12.3. The molecule has 0 saturated heterocycles. The third-order valence-corrected chi connectivity index (χ3v) is 3.89. The van der Waals surface area contributed by atoms with Crippen molar-refractivity contribution in [3.8, 4) is 17.2 Å². The number of carbonyl (C=O) groups excluding carboxylic acids is 3. The fourth-order valence-corrected chi connectivity index (χ4v) is 2.58. The van der Waals surface area contributed by atoms with Crippen LogP contribution in [0.15, 0.2) is 30.6 Å². The molecule has 3 rings (SSSR count). The minimum atomic E-state index is -5.32. The van der Waals surface area contributed by atoms with E-state index < -0.39 is 30.4 Å². The van der Waals surface area contributed by atoms with Crippen LogP contribution in [0.4, 0.5) is 13.2 Å². The standard InChI is InChI=1S/C18H10F3N5O4/c1-9(27)16-12-3-2-10(11-6-23-14(5-22)24-7-11)4-13(12)26(25-16)8-15(28)30-17(29)18(19,20)21/h2-4,6-7H,8H2,1H3. The van der Waals surface area contributed by atoms with Crippen LogP contribution in [0.1, 0.15) is 23.2 Å². The summed E-state index contributed by atoms with van der Waals surface area (Å²) in [5, 5.41) is 13.1. The molecule has 2 aromatic heterocycles. The number of fused-ring (bicyclic) bond motifs is 1. The second-order valence-corrected chi connectivity index (χ2v) is 5.96. The van der Waals surface area contributed by atoms with E-state index >= 15 is 0 Å². The fraction of sp³-hybridized carbons (Fsp3) is 0.167. The highest BCUT2D eigenvalue weighted by atomic mass is 19.4. The molecule has 2 heterocycles. The Morgan fingerprint density at radius 3 is 2.40 bits per heavy atom. The molecule has 0 spiro atoms. The van der Waals surface area contributed by atoms with Crippen molar-refractivity contribution in [1.82, 2.24) is 19.7 Å². The molecule has 0 atom stereocenters. The number of nitriles is 1. The van der Waals surface area contributed by atoms with Gasteiger partial charge in [0.05, 0.1) is 5.52 Å². The molecule has 12 heteroatoms. The number of hydrogen-bond donors (Lipinski definition) is 0. The lowest BCUT2D eigenvalue weighted by atomic mass is 10.1. The molecule has 3 aromatic rings. The normalized spacial score (nSPS) is 11.2. The number of ketones is 1. The van der Waals surface area contributed by atoms with Crippen molar-refractivity contribution in [1.29, 1.82) is 5.26 Å². The second kappa shape index (κ2) is 7.70. The van der Waals surface area contributed by atoms with Gasteiger partial charge in [0, 0.05) is 30.3 Å². The van der Waals surface area contributed by atoms with Crippen LogP contribution in [0.5, 0.6) is 0 Å². The summed E-state index contributed by atoms with van der Waals surface area (Å²) < 4.78 is 41.6. The van der Waals surface area contributed by atoms with Crippen molar-refractivity contribution >= 4 is 28.6 Å². The summed E-state index contributed by atoms with van der Waals surface area (Å²) in [5.74, 6) is -4.62. The molecule has 0 N–H and O–H groups in total. The van der Waals surface area contributed by atoms with E-state index in [0.29, 0.717) is 16.5 Å². The quantitative estimate of drug-likeness (QED) is 0.359. The first-order chi connectivity index (χ1) is 14.1. The minimum Gasteiger partial charge on any atom is -0.385 e. The highest BCUT2D eigenvalue weighted by Crippen LogP contribution is 2.26. The summed E-state index contributed by atoms with van der Waals surface area (Å²) in [5.41, 5.74) is 1.26. The summed E-state index contributed by atoms with van der Waals surface area (Å²) >= 11 is 0. The molecule has 0 radical (unpaired) electrons. The van der Waals surface area contributed by atoms with E-state index in [2.05, 4.69) is 19.8 Å². The van der Waals surface area contributed by atoms with Gasteiger partial charge in [-0.25, -0.2) is 19.6 Å². The van der Waals surface area contributed by atoms with Gasteiger partial charge in [0.2, 0.25) is 5.82 Å². The van der Waals surface area contributed by atoms with Gasteiger partial charge in [0.25, 0.3) is 0 Å². The van der Waals surface area contributed by atoms with Crippen LogP contribution in [0.25, 0.3) is 22.0 Å². The lowest BCUT2D eigenvalue weighted by Crippen LogP contribution is -2.29. The molecule has 30 heavy (non-hydrogen) atoms. The van der Waals surface area contributed by atoms with Crippen LogP contribution in [-0.2, 0) is 20.9 Å². The van der Waals surface area contributed by atoms with Crippen molar-refractivity contribution in [2.45, 2.75) is 19.6 Å². The van der Waals surface area contributed by atoms with Gasteiger partial charge in [-0.2, -0.15) is 23.5 Å². The molecule has 0 bridgehead atoms. The van der Waals surface area contributed by atoms with Crippen LogP contribution in [0.2, 0.25) is 0 Å². The summed E-state index contributed by atoms with van der Waals surface area (Å²) in [6, 6.07) is 6.45. The number of nitrogens with zero attached hydrogens (tertiary/aromatic N) is 5. The molecule has 9 nitrogen and oxygen atoms in total. The first-order valence-electron chi connectivity index (χ1n) is 8.16. The van der Waals surface area contributed by atoms with Gasteiger partial charge >= 0.3 is 18.1 Å². The van der Waals surface area contributed by atoms with E-state index in [4.69, 9.17) is 5.26 Å². The zero-order valence-electron chi connectivity index (χ0n) is 15.1. The predicted molar refractivity (Wildman–Crippen MR) is 92.6 cm³/mol. The van der Waals surface area contributed by atoms with E-state index in [9.17, 15) is 27.6 Å². The Balaban J connectivity index is 2.00. The van der Waals surface area contributed by atoms with Gasteiger partial charge in [0.1, 0.15) is 18.3 Å². The topological polar surface area (TPSA) is 128 Å². The molecular formula is C18H10F3N5O4.